The molecule has 2 atom stereocenters. The molecular formula is C17H32N2O2. The zero-order valence-electron chi connectivity index (χ0n) is 14.5. The van der Waals surface area contributed by atoms with Gasteiger partial charge in [0.15, 0.2) is 0 Å². The third-order valence-electron chi connectivity index (χ3n) is 4.47. The predicted octanol–water partition coefficient (Wildman–Crippen LogP) is 2.96. The summed E-state index contributed by atoms with van der Waals surface area (Å²) in [4.78, 5) is 27.0. The fourth-order valence-corrected chi connectivity index (χ4v) is 3.12. The van der Waals surface area contributed by atoms with Crippen LogP contribution in [0.25, 0.3) is 0 Å². The van der Waals surface area contributed by atoms with Gasteiger partial charge in [0, 0.05) is 6.54 Å². The average Bonchev–Trinajstić information content (AvgIpc) is 2.38. The Hall–Kier alpha value is -1.06. The Labute approximate surface area is 129 Å². The highest BCUT2D eigenvalue weighted by molar-refractivity contribution is 5.99. The molecule has 0 aromatic heterocycles. The lowest BCUT2D eigenvalue weighted by atomic mass is 9.89. The molecule has 0 aliphatic carbocycles. The van der Waals surface area contributed by atoms with Crippen molar-refractivity contribution in [3.8, 4) is 0 Å². The molecule has 21 heavy (non-hydrogen) atoms. The van der Waals surface area contributed by atoms with E-state index in [9.17, 15) is 9.59 Å². The fourth-order valence-electron chi connectivity index (χ4n) is 3.12. The SMILES string of the molecule is CCCCC(CC)CN1C(=O)C(C)(C)NC(=O)C1C(C)C. The van der Waals surface area contributed by atoms with E-state index in [-0.39, 0.29) is 23.8 Å². The first-order valence-electron chi connectivity index (χ1n) is 8.37. The molecule has 0 radical (unpaired) electrons. The molecule has 1 N–H and O–H groups in total. The topological polar surface area (TPSA) is 49.4 Å². The van der Waals surface area contributed by atoms with Crippen molar-refractivity contribution in [3.05, 3.63) is 0 Å². The maximum Gasteiger partial charge on any atom is 0.248 e. The normalized spacial score (nSPS) is 23.4. The molecule has 0 bridgehead atoms. The highest BCUT2D eigenvalue weighted by Crippen LogP contribution is 2.25. The summed E-state index contributed by atoms with van der Waals surface area (Å²) in [5.41, 5.74) is -0.786. The number of nitrogens with zero attached hydrogens (tertiary/aromatic N) is 1. The standard InChI is InChI=1S/C17H32N2O2/c1-7-9-10-13(8-2)11-19-14(12(3)4)15(20)18-17(5,6)16(19)21/h12-14H,7-11H2,1-6H3,(H,18,20). The van der Waals surface area contributed by atoms with E-state index in [0.717, 1.165) is 12.8 Å². The van der Waals surface area contributed by atoms with Gasteiger partial charge in [-0.25, -0.2) is 0 Å². The van der Waals surface area contributed by atoms with Crippen LogP contribution in [0, 0.1) is 11.8 Å². The molecule has 122 valence electrons. The van der Waals surface area contributed by atoms with Gasteiger partial charge in [0.05, 0.1) is 0 Å². The molecule has 2 amide bonds. The number of piperazine rings is 1. The number of unbranched alkanes of at least 4 members (excludes halogenated alkanes) is 1. The maximum atomic E-state index is 12.7. The number of rotatable bonds is 7. The minimum absolute atomic E-state index is 0.0139. The summed E-state index contributed by atoms with van der Waals surface area (Å²) < 4.78 is 0. The smallest absolute Gasteiger partial charge is 0.248 e. The molecule has 1 saturated heterocycles. The van der Waals surface area contributed by atoms with Crippen LogP contribution >= 0.6 is 0 Å². The van der Waals surface area contributed by atoms with Crippen molar-refractivity contribution in [2.24, 2.45) is 11.8 Å². The van der Waals surface area contributed by atoms with Crippen molar-refractivity contribution < 1.29 is 9.59 Å². The molecule has 0 spiro atoms. The lowest BCUT2D eigenvalue weighted by Crippen LogP contribution is -2.69. The molecule has 1 aliphatic rings. The van der Waals surface area contributed by atoms with Crippen LogP contribution in [-0.2, 0) is 9.59 Å². The van der Waals surface area contributed by atoms with Gasteiger partial charge in [0.25, 0.3) is 0 Å². The van der Waals surface area contributed by atoms with Crippen LogP contribution in [0.2, 0.25) is 0 Å². The fraction of sp³-hybridized carbons (Fsp3) is 0.882. The van der Waals surface area contributed by atoms with Crippen LogP contribution in [0.5, 0.6) is 0 Å². The summed E-state index contributed by atoms with van der Waals surface area (Å²) in [6.07, 6.45) is 4.53. The van der Waals surface area contributed by atoms with Crippen LogP contribution in [0.4, 0.5) is 0 Å². The Bertz CT molecular complexity index is 377. The van der Waals surface area contributed by atoms with E-state index in [1.54, 1.807) is 13.8 Å². The van der Waals surface area contributed by atoms with Crippen LogP contribution in [0.15, 0.2) is 0 Å². The second-order valence-corrected chi connectivity index (χ2v) is 7.18. The number of carbonyl (C=O) groups excluding carboxylic acids is 2. The van der Waals surface area contributed by atoms with Gasteiger partial charge in [-0.3, -0.25) is 9.59 Å². The first kappa shape index (κ1) is 18.0. The van der Waals surface area contributed by atoms with Crippen LogP contribution < -0.4 is 5.32 Å². The van der Waals surface area contributed by atoms with Gasteiger partial charge in [-0.2, -0.15) is 0 Å². The van der Waals surface area contributed by atoms with E-state index < -0.39 is 5.54 Å². The number of nitrogens with one attached hydrogen (secondary N) is 1. The maximum absolute atomic E-state index is 12.7. The summed E-state index contributed by atoms with van der Waals surface area (Å²) >= 11 is 0. The Morgan fingerprint density at radius 1 is 1.24 bits per heavy atom. The Morgan fingerprint density at radius 2 is 1.86 bits per heavy atom. The van der Waals surface area contributed by atoms with Gasteiger partial charge in [-0.15, -0.1) is 0 Å². The minimum atomic E-state index is -0.786. The molecule has 1 rings (SSSR count). The van der Waals surface area contributed by atoms with E-state index in [4.69, 9.17) is 0 Å². The van der Waals surface area contributed by atoms with Crippen molar-refractivity contribution in [3.63, 3.8) is 0 Å². The van der Waals surface area contributed by atoms with Crippen molar-refractivity contribution in [2.75, 3.05) is 6.54 Å². The summed E-state index contributed by atoms with van der Waals surface area (Å²) in [6.45, 7) is 12.7. The van der Waals surface area contributed by atoms with E-state index in [1.165, 1.54) is 12.8 Å². The van der Waals surface area contributed by atoms with Gasteiger partial charge in [0.1, 0.15) is 11.6 Å². The molecule has 4 nitrogen and oxygen atoms in total. The lowest BCUT2D eigenvalue weighted by molar-refractivity contribution is -0.156. The van der Waals surface area contributed by atoms with Crippen molar-refractivity contribution in [2.45, 2.75) is 78.8 Å². The van der Waals surface area contributed by atoms with E-state index in [1.807, 2.05) is 18.7 Å². The van der Waals surface area contributed by atoms with Crippen molar-refractivity contribution in [1.29, 1.82) is 0 Å². The third kappa shape index (κ3) is 4.21. The van der Waals surface area contributed by atoms with Gasteiger partial charge in [0.2, 0.25) is 11.8 Å². The van der Waals surface area contributed by atoms with Crippen molar-refractivity contribution in [1.82, 2.24) is 10.2 Å². The quantitative estimate of drug-likeness (QED) is 0.785. The number of amides is 2. The monoisotopic (exact) mass is 296 g/mol. The number of hydrogen-bond acceptors (Lipinski definition) is 2. The first-order valence-corrected chi connectivity index (χ1v) is 8.37. The zero-order chi connectivity index (χ0) is 16.2. The van der Waals surface area contributed by atoms with Crippen LogP contribution in [-0.4, -0.2) is 34.8 Å². The zero-order valence-corrected chi connectivity index (χ0v) is 14.5. The Morgan fingerprint density at radius 3 is 2.33 bits per heavy atom. The largest absolute Gasteiger partial charge is 0.340 e. The first-order chi connectivity index (χ1) is 9.74. The predicted molar refractivity (Wildman–Crippen MR) is 85.9 cm³/mol. The minimum Gasteiger partial charge on any atom is -0.340 e. The molecule has 4 heteroatoms. The summed E-state index contributed by atoms with van der Waals surface area (Å²) in [6, 6.07) is -0.332. The second-order valence-electron chi connectivity index (χ2n) is 7.18. The van der Waals surface area contributed by atoms with Gasteiger partial charge in [-0.05, 0) is 32.1 Å². The Kier molecular flexibility index (Phi) is 6.24. The lowest BCUT2D eigenvalue weighted by Gasteiger charge is -2.45. The van der Waals surface area contributed by atoms with Crippen molar-refractivity contribution >= 4 is 11.8 Å². The molecule has 0 aromatic carbocycles. The molecule has 1 fully saturated rings. The van der Waals surface area contributed by atoms with E-state index in [2.05, 4.69) is 19.2 Å². The molecule has 0 saturated carbocycles. The molecular weight excluding hydrogens is 264 g/mol. The summed E-state index contributed by atoms with van der Waals surface area (Å²) in [7, 11) is 0. The van der Waals surface area contributed by atoms with E-state index >= 15 is 0 Å². The van der Waals surface area contributed by atoms with E-state index in [0.29, 0.717) is 12.5 Å². The highest BCUT2D eigenvalue weighted by atomic mass is 16.2. The Balaban J connectivity index is 2.94. The van der Waals surface area contributed by atoms with Gasteiger partial charge < -0.3 is 10.2 Å². The van der Waals surface area contributed by atoms with Crippen LogP contribution in [0.1, 0.15) is 67.2 Å². The third-order valence-corrected chi connectivity index (χ3v) is 4.47. The molecule has 1 heterocycles. The van der Waals surface area contributed by atoms with Gasteiger partial charge >= 0.3 is 0 Å². The average molecular weight is 296 g/mol. The second kappa shape index (κ2) is 7.28. The highest BCUT2D eigenvalue weighted by Gasteiger charge is 2.46. The number of carbonyl (C=O) groups is 2. The van der Waals surface area contributed by atoms with Gasteiger partial charge in [-0.1, -0.05) is 47.0 Å². The molecule has 1 aliphatic heterocycles. The number of hydrogen-bond donors (Lipinski definition) is 1. The molecule has 2 unspecified atom stereocenters. The summed E-state index contributed by atoms with van der Waals surface area (Å²) in [5, 5.41) is 2.87. The molecule has 0 aromatic rings. The van der Waals surface area contributed by atoms with Crippen LogP contribution in [0.3, 0.4) is 0 Å². The summed E-state index contributed by atoms with van der Waals surface area (Å²) in [5.74, 6) is 0.654.